The van der Waals surface area contributed by atoms with Gasteiger partial charge in [-0.05, 0) is 49.0 Å². The molecule has 0 spiro atoms. The minimum absolute atomic E-state index is 0.0313. The van der Waals surface area contributed by atoms with Crippen molar-refractivity contribution in [2.24, 2.45) is 0 Å². The first-order valence-corrected chi connectivity index (χ1v) is 8.95. The fourth-order valence-corrected chi connectivity index (χ4v) is 4.86. The standard InChI is InChI=1S/C17H24FNS/c1-2-20-17-9-5-8-16(17)19-13-10-12(11-13)14-6-3-4-7-15(14)18/h3-4,6-7,12-13,16-17,19H,2,5,8-11H2,1H3. The largest absolute Gasteiger partial charge is 0.310 e. The monoisotopic (exact) mass is 293 g/mol. The molecule has 0 aliphatic heterocycles. The summed E-state index contributed by atoms with van der Waals surface area (Å²) in [7, 11) is 0. The quantitative estimate of drug-likeness (QED) is 0.867. The molecule has 1 aromatic carbocycles. The topological polar surface area (TPSA) is 12.0 Å². The first-order valence-electron chi connectivity index (χ1n) is 7.90. The van der Waals surface area contributed by atoms with Gasteiger partial charge in [0.15, 0.2) is 0 Å². The zero-order chi connectivity index (χ0) is 13.9. The van der Waals surface area contributed by atoms with Gasteiger partial charge in [0.25, 0.3) is 0 Å². The summed E-state index contributed by atoms with van der Waals surface area (Å²) in [6.07, 6.45) is 6.23. The van der Waals surface area contributed by atoms with E-state index in [2.05, 4.69) is 24.0 Å². The van der Waals surface area contributed by atoms with Crippen molar-refractivity contribution < 1.29 is 4.39 Å². The Labute approximate surface area is 125 Å². The molecule has 0 heterocycles. The minimum Gasteiger partial charge on any atom is -0.310 e. The van der Waals surface area contributed by atoms with Gasteiger partial charge in [-0.25, -0.2) is 4.39 Å². The maximum atomic E-state index is 13.7. The van der Waals surface area contributed by atoms with Crippen molar-refractivity contribution >= 4 is 11.8 Å². The first-order chi connectivity index (χ1) is 9.78. The van der Waals surface area contributed by atoms with Crippen molar-refractivity contribution in [1.29, 1.82) is 0 Å². The van der Waals surface area contributed by atoms with Gasteiger partial charge in [0, 0.05) is 17.3 Å². The van der Waals surface area contributed by atoms with Gasteiger partial charge in [0.05, 0.1) is 0 Å². The normalized spacial score (nSPS) is 33.1. The van der Waals surface area contributed by atoms with E-state index in [1.54, 1.807) is 12.1 Å². The van der Waals surface area contributed by atoms with E-state index in [9.17, 15) is 4.39 Å². The number of rotatable bonds is 5. The van der Waals surface area contributed by atoms with Crippen molar-refractivity contribution in [3.05, 3.63) is 35.6 Å². The molecule has 2 atom stereocenters. The van der Waals surface area contributed by atoms with Crippen molar-refractivity contribution in [1.82, 2.24) is 5.32 Å². The lowest BCUT2D eigenvalue weighted by molar-refractivity contribution is 0.262. The summed E-state index contributed by atoms with van der Waals surface area (Å²) < 4.78 is 13.7. The SMILES string of the molecule is CCSC1CCCC1NC1CC(c2ccccc2F)C1. The molecule has 0 saturated heterocycles. The molecule has 2 aliphatic rings. The lowest BCUT2D eigenvalue weighted by Crippen LogP contribution is -2.47. The molecular weight excluding hydrogens is 269 g/mol. The predicted molar refractivity (Wildman–Crippen MR) is 84.9 cm³/mol. The van der Waals surface area contributed by atoms with Gasteiger partial charge in [0.2, 0.25) is 0 Å². The van der Waals surface area contributed by atoms with E-state index in [0.717, 1.165) is 23.7 Å². The van der Waals surface area contributed by atoms with Crippen LogP contribution in [0.3, 0.4) is 0 Å². The zero-order valence-electron chi connectivity index (χ0n) is 12.1. The molecule has 110 valence electrons. The van der Waals surface area contributed by atoms with Crippen LogP contribution in [0.5, 0.6) is 0 Å². The molecule has 1 N–H and O–H groups in total. The summed E-state index contributed by atoms with van der Waals surface area (Å²) in [5.41, 5.74) is 0.913. The van der Waals surface area contributed by atoms with E-state index in [1.165, 1.54) is 25.0 Å². The van der Waals surface area contributed by atoms with Crippen molar-refractivity contribution in [2.45, 2.75) is 62.3 Å². The molecule has 2 fully saturated rings. The summed E-state index contributed by atoms with van der Waals surface area (Å²) in [5.74, 6) is 1.61. The van der Waals surface area contributed by atoms with E-state index < -0.39 is 0 Å². The van der Waals surface area contributed by atoms with Gasteiger partial charge >= 0.3 is 0 Å². The zero-order valence-corrected chi connectivity index (χ0v) is 13.0. The third-order valence-corrected chi connectivity index (χ3v) is 6.09. The fraction of sp³-hybridized carbons (Fsp3) is 0.647. The Hall–Kier alpha value is -0.540. The van der Waals surface area contributed by atoms with Crippen LogP contribution < -0.4 is 5.32 Å². The Morgan fingerprint density at radius 1 is 1.25 bits per heavy atom. The average Bonchev–Trinajstić information content (AvgIpc) is 2.82. The van der Waals surface area contributed by atoms with E-state index in [-0.39, 0.29) is 5.82 Å². The Morgan fingerprint density at radius 2 is 2.05 bits per heavy atom. The lowest BCUT2D eigenvalue weighted by Gasteiger charge is -2.39. The molecule has 20 heavy (non-hydrogen) atoms. The number of halogens is 1. The van der Waals surface area contributed by atoms with Gasteiger partial charge in [-0.1, -0.05) is 31.5 Å². The summed E-state index contributed by atoms with van der Waals surface area (Å²) in [4.78, 5) is 0. The minimum atomic E-state index is -0.0313. The molecular formula is C17H24FNS. The maximum Gasteiger partial charge on any atom is 0.126 e. The molecule has 3 rings (SSSR count). The predicted octanol–water partition coefficient (Wildman–Crippen LogP) is 4.34. The second kappa shape index (κ2) is 6.48. The molecule has 3 heteroatoms. The molecule has 0 radical (unpaired) electrons. The smallest absolute Gasteiger partial charge is 0.126 e. The van der Waals surface area contributed by atoms with Crippen LogP contribution in [0.1, 0.15) is 50.5 Å². The number of hydrogen-bond acceptors (Lipinski definition) is 2. The second-order valence-electron chi connectivity index (χ2n) is 6.08. The molecule has 1 aromatic rings. The van der Waals surface area contributed by atoms with Crippen LogP contribution in [0.2, 0.25) is 0 Å². The highest BCUT2D eigenvalue weighted by Crippen LogP contribution is 2.39. The maximum absolute atomic E-state index is 13.7. The first kappa shape index (κ1) is 14.4. The van der Waals surface area contributed by atoms with Crippen LogP contribution in [0, 0.1) is 5.82 Å². The number of thioether (sulfide) groups is 1. The lowest BCUT2D eigenvalue weighted by atomic mass is 9.75. The van der Waals surface area contributed by atoms with Crippen LogP contribution in [0.25, 0.3) is 0 Å². The van der Waals surface area contributed by atoms with Gasteiger partial charge in [-0.2, -0.15) is 11.8 Å². The van der Waals surface area contributed by atoms with Gasteiger partial charge in [-0.3, -0.25) is 0 Å². The molecule has 2 aliphatic carbocycles. The summed E-state index contributed by atoms with van der Waals surface area (Å²) in [6.45, 7) is 2.25. The van der Waals surface area contributed by atoms with Crippen LogP contribution >= 0.6 is 11.8 Å². The van der Waals surface area contributed by atoms with E-state index in [0.29, 0.717) is 18.0 Å². The molecule has 2 saturated carbocycles. The molecule has 0 amide bonds. The highest BCUT2D eigenvalue weighted by atomic mass is 32.2. The van der Waals surface area contributed by atoms with Crippen LogP contribution in [0.15, 0.2) is 24.3 Å². The number of benzene rings is 1. The fourth-order valence-electron chi connectivity index (χ4n) is 3.65. The highest BCUT2D eigenvalue weighted by molar-refractivity contribution is 7.99. The molecule has 1 nitrogen and oxygen atoms in total. The second-order valence-corrected chi connectivity index (χ2v) is 7.60. The van der Waals surface area contributed by atoms with Crippen molar-refractivity contribution in [2.75, 3.05) is 5.75 Å². The Morgan fingerprint density at radius 3 is 2.80 bits per heavy atom. The third kappa shape index (κ3) is 3.04. The molecule has 2 unspecified atom stereocenters. The van der Waals surface area contributed by atoms with Crippen LogP contribution in [0.4, 0.5) is 4.39 Å². The van der Waals surface area contributed by atoms with E-state index >= 15 is 0 Å². The van der Waals surface area contributed by atoms with Gasteiger partial charge in [-0.15, -0.1) is 0 Å². The molecule has 0 aromatic heterocycles. The van der Waals surface area contributed by atoms with E-state index in [4.69, 9.17) is 0 Å². The Kier molecular flexibility index (Phi) is 4.67. The van der Waals surface area contributed by atoms with E-state index in [1.807, 2.05) is 12.1 Å². The number of nitrogens with one attached hydrogen (secondary N) is 1. The summed E-state index contributed by atoms with van der Waals surface area (Å²) >= 11 is 2.10. The Bertz CT molecular complexity index is 444. The average molecular weight is 293 g/mol. The van der Waals surface area contributed by atoms with Gasteiger partial charge in [0.1, 0.15) is 5.82 Å². The Balaban J connectivity index is 1.50. The van der Waals surface area contributed by atoms with Gasteiger partial charge < -0.3 is 5.32 Å². The van der Waals surface area contributed by atoms with Crippen molar-refractivity contribution in [3.63, 3.8) is 0 Å². The van der Waals surface area contributed by atoms with Crippen molar-refractivity contribution in [3.8, 4) is 0 Å². The summed E-state index contributed by atoms with van der Waals surface area (Å²) in [6, 6.07) is 8.54. The number of hydrogen-bond donors (Lipinski definition) is 1. The third-order valence-electron chi connectivity index (χ3n) is 4.77. The highest BCUT2D eigenvalue weighted by Gasteiger charge is 2.36. The molecule has 0 bridgehead atoms. The van der Waals surface area contributed by atoms with Crippen LogP contribution in [-0.2, 0) is 0 Å². The summed E-state index contributed by atoms with van der Waals surface area (Å²) in [5, 5.41) is 4.62. The van der Waals surface area contributed by atoms with Crippen LogP contribution in [-0.4, -0.2) is 23.1 Å².